The summed E-state index contributed by atoms with van der Waals surface area (Å²) in [7, 11) is 1.28. The third-order valence-corrected chi connectivity index (χ3v) is 16.6. The Kier molecular flexibility index (Phi) is 23.7. The van der Waals surface area contributed by atoms with Crippen molar-refractivity contribution in [2.24, 2.45) is 17.8 Å². The Hall–Kier alpha value is -7.34. The van der Waals surface area contributed by atoms with E-state index >= 15 is 0 Å². The van der Waals surface area contributed by atoms with Crippen LogP contribution in [0, 0.1) is 17.8 Å². The van der Waals surface area contributed by atoms with E-state index in [0.717, 1.165) is 13.1 Å². The van der Waals surface area contributed by atoms with Crippen LogP contribution in [0.1, 0.15) is 142 Å². The number of ether oxygens (including phenoxy) is 4. The van der Waals surface area contributed by atoms with Gasteiger partial charge in [0.15, 0.2) is 17.9 Å². The molecule has 5 aliphatic rings. The average molecular weight is 1250 g/mol. The van der Waals surface area contributed by atoms with Crippen LogP contribution >= 0.6 is 0 Å². The first kappa shape index (κ1) is 69.1. The number of rotatable bonds is 26. The number of methoxy groups -OCH3 is 1. The highest BCUT2D eigenvalue weighted by Gasteiger charge is 2.51. The molecule has 3 aliphatic heterocycles. The fourth-order valence-corrected chi connectivity index (χ4v) is 12.1. The predicted molar refractivity (Wildman–Crippen MR) is 316 cm³/mol. The Morgan fingerprint density at radius 3 is 2.06 bits per heavy atom. The quantitative estimate of drug-likeness (QED) is 0.0450. The number of phenolic OH excluding ortho intramolecular Hbond substituents is 2. The first-order valence-electron chi connectivity index (χ1n) is 30.5. The van der Waals surface area contributed by atoms with Crippen molar-refractivity contribution >= 4 is 58.8 Å². The number of benzene rings is 2. The maximum atomic E-state index is 14.4. The predicted octanol–water partition coefficient (Wildman–Crippen LogP) is -0.510. The Balaban J connectivity index is 0.981. The summed E-state index contributed by atoms with van der Waals surface area (Å²) in [5.41, 5.74) is -4.54. The normalized spacial score (nSPS) is 23.5. The van der Waals surface area contributed by atoms with Gasteiger partial charge in [0.05, 0.1) is 68.4 Å². The lowest BCUT2D eigenvalue weighted by atomic mass is 9.72. The molecule has 0 aromatic heterocycles. The maximum absolute atomic E-state index is 14.4. The summed E-state index contributed by atoms with van der Waals surface area (Å²) >= 11 is 0. The van der Waals surface area contributed by atoms with Crippen LogP contribution in [0.4, 0.5) is 4.79 Å². The first-order chi connectivity index (χ1) is 42.2. The van der Waals surface area contributed by atoms with Gasteiger partial charge in [-0.15, -0.1) is 0 Å². The topological polar surface area (TPSA) is 399 Å². The zero-order valence-electron chi connectivity index (χ0n) is 51.7. The summed E-state index contributed by atoms with van der Waals surface area (Å²) in [5, 5.41) is 75.8. The minimum atomic E-state index is -2.45. The summed E-state index contributed by atoms with van der Waals surface area (Å²) in [6.45, 7) is 14.3. The fraction of sp³-hybridized carbons (Fsp3) is 0.639. The molecule has 89 heavy (non-hydrogen) atoms. The second-order valence-corrected chi connectivity index (χ2v) is 24.8. The number of nitrogens with one attached hydrogen (secondary N) is 7. The molecular weight excluding hydrogens is 1160 g/mol. The van der Waals surface area contributed by atoms with Gasteiger partial charge < -0.3 is 86.6 Å². The number of morpholine rings is 1. The second-order valence-electron chi connectivity index (χ2n) is 24.8. The molecule has 3 saturated heterocycles. The van der Waals surface area contributed by atoms with Crippen molar-refractivity contribution in [3.8, 4) is 17.2 Å². The van der Waals surface area contributed by atoms with Crippen molar-refractivity contribution in [3.63, 3.8) is 0 Å². The summed E-state index contributed by atoms with van der Waals surface area (Å²) < 4.78 is 23.1. The van der Waals surface area contributed by atoms with Gasteiger partial charge in [0, 0.05) is 68.7 Å². The molecule has 3 fully saturated rings. The highest BCUT2D eigenvalue weighted by Crippen LogP contribution is 2.52. The third-order valence-electron chi connectivity index (χ3n) is 16.6. The number of urea groups is 1. The number of amides is 8. The van der Waals surface area contributed by atoms with E-state index in [1.165, 1.54) is 37.1 Å². The van der Waals surface area contributed by atoms with E-state index in [4.69, 9.17) is 18.9 Å². The number of Topliss-reactive ketones (excluding diaryl/α,β-unsaturated/α-hetero) is 1. The minimum Gasteiger partial charge on any atom is -0.507 e. The van der Waals surface area contributed by atoms with Crippen molar-refractivity contribution in [2.75, 3.05) is 72.7 Å². The molecule has 0 bridgehead atoms. The summed E-state index contributed by atoms with van der Waals surface area (Å²) in [5.74, 6) is -8.90. The Bertz CT molecular complexity index is 2990. The molecule has 2 aliphatic carbocycles. The van der Waals surface area contributed by atoms with E-state index in [-0.39, 0.29) is 84.5 Å². The van der Waals surface area contributed by atoms with Crippen molar-refractivity contribution in [1.29, 1.82) is 0 Å². The van der Waals surface area contributed by atoms with Crippen molar-refractivity contribution in [2.45, 2.75) is 160 Å². The molecule has 8 amide bonds. The number of carbonyl (C=O) groups is 10. The number of hydrogen-bond donors (Lipinski definition) is 12. The molecule has 2 aromatic rings. The van der Waals surface area contributed by atoms with Crippen LogP contribution in [-0.2, 0) is 54.2 Å². The van der Waals surface area contributed by atoms with Gasteiger partial charge in [0.2, 0.25) is 41.2 Å². The fourth-order valence-electron chi connectivity index (χ4n) is 12.1. The van der Waals surface area contributed by atoms with E-state index in [0.29, 0.717) is 39.1 Å². The van der Waals surface area contributed by atoms with Gasteiger partial charge in [-0.1, -0.05) is 53.7 Å². The smallest absolute Gasteiger partial charge is 0.315 e. The van der Waals surface area contributed by atoms with Gasteiger partial charge in [-0.25, -0.2) is 4.79 Å². The number of fused-ring (bicyclic) bond motifs is 3. The van der Waals surface area contributed by atoms with Crippen LogP contribution in [0.25, 0.3) is 0 Å². The molecular formula is C61H87N9O19. The van der Waals surface area contributed by atoms with Gasteiger partial charge in [-0.3, -0.25) is 48.1 Å². The van der Waals surface area contributed by atoms with Crippen LogP contribution in [-0.4, -0.2) is 221 Å². The summed E-state index contributed by atoms with van der Waals surface area (Å²) in [6.07, 6.45) is -6.03. The molecule has 28 heteroatoms. The number of nitrogens with zero attached hydrogens (tertiary/aromatic N) is 2. The van der Waals surface area contributed by atoms with Crippen LogP contribution in [0.3, 0.4) is 0 Å². The molecule has 490 valence electrons. The van der Waals surface area contributed by atoms with Gasteiger partial charge >= 0.3 is 6.03 Å². The maximum Gasteiger partial charge on any atom is 0.315 e. The molecule has 0 saturated carbocycles. The molecule has 12 N–H and O–H groups in total. The van der Waals surface area contributed by atoms with E-state index in [1.54, 1.807) is 13.8 Å². The molecule has 2 aromatic carbocycles. The van der Waals surface area contributed by atoms with Crippen molar-refractivity contribution < 1.29 is 92.4 Å². The first-order valence-corrected chi connectivity index (χ1v) is 30.5. The number of aliphatic hydroxyl groups is 3. The minimum absolute atomic E-state index is 0.0121. The van der Waals surface area contributed by atoms with Gasteiger partial charge in [-0.05, 0) is 62.8 Å². The molecule has 7 rings (SSSR count). The Labute approximate surface area is 516 Å². The SMILES string of the molecule is COc1cccc2c1C(=O)c1c(O)c3c(c(O)c1C2=O)C[C@@](O)(C(=O)CO)C[C@@H]3O[C@H]1C[C@H](NC(=O)[C@H](CC(C)C)NC(=O)[C@H](CC(C)C)NC(=O)CNC(=O)[C@H](CC(C)C)NC(=O)[C@@H]2CCCN2C(=O)CNC(=O)NCCN2CCOCC2)[C@H](O)[C@H](C)O1. The Morgan fingerprint density at radius 2 is 1.42 bits per heavy atom. The van der Waals surface area contributed by atoms with Gasteiger partial charge in [0.25, 0.3) is 0 Å². The number of ketones is 3. The molecule has 0 unspecified atom stereocenters. The Morgan fingerprint density at radius 1 is 0.775 bits per heavy atom. The monoisotopic (exact) mass is 1250 g/mol. The molecule has 10 atom stereocenters. The number of carbonyl (C=O) groups excluding carboxylic acids is 10. The number of likely N-dealkylation sites (tertiary alicyclic amines) is 1. The van der Waals surface area contributed by atoms with Gasteiger partial charge in [0.1, 0.15) is 59.7 Å². The zero-order chi connectivity index (χ0) is 65.2. The third kappa shape index (κ3) is 16.7. The lowest BCUT2D eigenvalue weighted by Gasteiger charge is -2.43. The molecule has 28 nitrogen and oxygen atoms in total. The van der Waals surface area contributed by atoms with Crippen LogP contribution in [0.5, 0.6) is 17.2 Å². The molecule has 3 heterocycles. The van der Waals surface area contributed by atoms with Crippen LogP contribution in [0.15, 0.2) is 18.2 Å². The van der Waals surface area contributed by atoms with E-state index in [2.05, 4.69) is 42.1 Å². The zero-order valence-corrected chi connectivity index (χ0v) is 51.7. The second kappa shape index (κ2) is 30.4. The van der Waals surface area contributed by atoms with Crippen molar-refractivity contribution in [1.82, 2.24) is 47.0 Å². The number of aliphatic hydroxyl groups excluding tert-OH is 2. The van der Waals surface area contributed by atoms with Crippen LogP contribution < -0.4 is 42.0 Å². The number of hydrogen-bond acceptors (Lipinski definition) is 20. The van der Waals surface area contributed by atoms with E-state index < -0.39 is 168 Å². The number of phenols is 2. The lowest BCUT2D eigenvalue weighted by Crippen LogP contribution is -2.60. The highest BCUT2D eigenvalue weighted by molar-refractivity contribution is 6.31. The molecule has 0 radical (unpaired) electrons. The van der Waals surface area contributed by atoms with Crippen molar-refractivity contribution in [3.05, 3.63) is 51.6 Å². The largest absolute Gasteiger partial charge is 0.507 e. The van der Waals surface area contributed by atoms with E-state index in [9.17, 15) is 73.5 Å². The highest BCUT2D eigenvalue weighted by atomic mass is 16.7. The van der Waals surface area contributed by atoms with Gasteiger partial charge in [-0.2, -0.15) is 0 Å². The standard InChI is InChI=1S/C61H87N9O19/c1-30(2)21-37(68-59(83)40-12-10-15-70(40)45(74)28-64-60(84)62-14-16-69-17-19-87-20-18-69)56(80)63-27-44(73)65-38(22-31(3)4)57(81)67-39(23-32(5)6)58(82)66-36-24-46(88-33(7)51(36)75)89-42-26-61(85,43(72)29-71)25-35-48(42)55(79)50-49(53(35)77)52(76)34-11-9-13-41(86-8)47(34)54(50)78/h9,11,13,30-33,36-40,42,46,51,71,75,77,79,85H,10,12,14-29H2,1-8H3,(H,63,80)(H,65,73)(H,66,82)(H,67,81)(H,68,83)(H2,62,64,84)/t33-,36-,37-,38-,39-,40-,42-,46-,51+,61-/m0/s1. The summed E-state index contributed by atoms with van der Waals surface area (Å²) in [4.78, 5) is 140. The lowest BCUT2D eigenvalue weighted by molar-refractivity contribution is -0.249. The van der Waals surface area contributed by atoms with E-state index in [1.807, 2.05) is 27.7 Å². The average Bonchev–Trinajstić information content (AvgIpc) is 1.02. The van der Waals surface area contributed by atoms with Crippen LogP contribution in [0.2, 0.25) is 0 Å². The molecule has 0 spiro atoms. The number of aromatic hydroxyl groups is 2. The summed E-state index contributed by atoms with van der Waals surface area (Å²) in [6, 6.07) is -1.97.